The highest BCUT2D eigenvalue weighted by Crippen LogP contribution is 2.35. The third-order valence-electron chi connectivity index (χ3n) is 7.52. The van der Waals surface area contributed by atoms with Crippen molar-refractivity contribution in [3.8, 4) is 0 Å². The minimum Gasteiger partial charge on any atom is -0.481 e. The van der Waals surface area contributed by atoms with Crippen LogP contribution < -0.4 is 10.6 Å². The Kier molecular flexibility index (Phi) is 9.43. The van der Waals surface area contributed by atoms with Gasteiger partial charge in [-0.1, -0.05) is 53.8 Å². The number of carboxylic acid groups (broad SMARTS) is 1. The van der Waals surface area contributed by atoms with E-state index in [1.165, 1.54) is 18.1 Å². The maximum absolute atomic E-state index is 13.7. The van der Waals surface area contributed by atoms with Gasteiger partial charge in [0.1, 0.15) is 0 Å². The SMILES string of the molecule is O=C(O)CCNC(=O)c1ccc(CC(C(=O)Nc2nc3cc(C(F)(F)F)ccc3s2)c2ccc(C3=CCCCC3)cc2)cc1. The fourth-order valence-corrected chi connectivity index (χ4v) is 6.00. The molecule has 0 saturated carbocycles. The number of carbonyl (C=O) groups excluding carboxylic acids is 2. The molecule has 3 N–H and O–H groups in total. The Bertz CT molecular complexity index is 1700. The molecule has 0 spiro atoms. The summed E-state index contributed by atoms with van der Waals surface area (Å²) in [4.78, 5) is 41.0. The summed E-state index contributed by atoms with van der Waals surface area (Å²) >= 11 is 1.10. The van der Waals surface area contributed by atoms with Crippen molar-refractivity contribution in [2.24, 2.45) is 0 Å². The van der Waals surface area contributed by atoms with Crippen molar-refractivity contribution in [3.05, 3.63) is 101 Å². The summed E-state index contributed by atoms with van der Waals surface area (Å²) in [5, 5.41) is 14.3. The molecule has 0 saturated heterocycles. The standard InChI is InChI=1S/C33H30F3N3O4S/c34-33(35,36)25-14-15-28-27(19-25)38-32(44-28)39-31(43)26(23-12-10-22(11-13-23)21-4-2-1-3-5-21)18-20-6-8-24(9-7-20)30(42)37-17-16-29(40)41/h4,6-15,19,26H,1-3,5,16-18H2,(H,37,42)(H,40,41)(H,38,39,43). The summed E-state index contributed by atoms with van der Waals surface area (Å²) < 4.78 is 40.1. The first-order valence-corrected chi connectivity index (χ1v) is 15.1. The zero-order valence-electron chi connectivity index (χ0n) is 23.6. The molecule has 1 aliphatic carbocycles. The lowest BCUT2D eigenvalue weighted by Crippen LogP contribution is -2.26. The summed E-state index contributed by atoms with van der Waals surface area (Å²) in [6.45, 7) is 0.00828. The Labute approximate surface area is 255 Å². The van der Waals surface area contributed by atoms with Crippen molar-refractivity contribution in [3.63, 3.8) is 0 Å². The van der Waals surface area contributed by atoms with Crippen LogP contribution in [0.5, 0.6) is 0 Å². The number of carboxylic acids is 1. The van der Waals surface area contributed by atoms with Crippen LogP contribution in [0.25, 0.3) is 15.8 Å². The Hall–Kier alpha value is -4.51. The van der Waals surface area contributed by atoms with Gasteiger partial charge >= 0.3 is 12.1 Å². The number of anilines is 1. The van der Waals surface area contributed by atoms with E-state index in [0.29, 0.717) is 10.3 Å². The number of thiazole rings is 1. The van der Waals surface area contributed by atoms with Crippen LogP contribution in [-0.4, -0.2) is 34.4 Å². The molecule has 7 nitrogen and oxygen atoms in total. The second-order valence-corrected chi connectivity index (χ2v) is 11.7. The van der Waals surface area contributed by atoms with Crippen LogP contribution in [0.1, 0.15) is 70.6 Å². The molecule has 0 fully saturated rings. The number of hydrogen-bond donors (Lipinski definition) is 3. The summed E-state index contributed by atoms with van der Waals surface area (Å²) in [5.41, 5.74) is 3.64. The number of amides is 2. The Morgan fingerprint density at radius 3 is 2.39 bits per heavy atom. The molecule has 1 aromatic heterocycles. The van der Waals surface area contributed by atoms with Crippen molar-refractivity contribution < 1.29 is 32.7 Å². The predicted octanol–water partition coefficient (Wildman–Crippen LogP) is 7.44. The van der Waals surface area contributed by atoms with Crippen LogP contribution in [0.15, 0.2) is 72.8 Å². The number of nitrogens with one attached hydrogen (secondary N) is 2. The maximum atomic E-state index is 13.7. The number of aromatic nitrogens is 1. The number of allylic oxidation sites excluding steroid dienone is 2. The first kappa shape index (κ1) is 30.9. The fourth-order valence-electron chi connectivity index (χ4n) is 5.15. The monoisotopic (exact) mass is 621 g/mol. The second kappa shape index (κ2) is 13.4. The average molecular weight is 622 g/mol. The molecule has 0 radical (unpaired) electrons. The van der Waals surface area contributed by atoms with E-state index in [1.54, 1.807) is 24.3 Å². The molecule has 1 unspecified atom stereocenters. The molecule has 4 aromatic rings. The van der Waals surface area contributed by atoms with E-state index in [4.69, 9.17) is 5.11 Å². The smallest absolute Gasteiger partial charge is 0.416 e. The number of aliphatic carboxylic acids is 1. The molecule has 1 atom stereocenters. The summed E-state index contributed by atoms with van der Waals surface area (Å²) in [6, 6.07) is 17.9. The Morgan fingerprint density at radius 2 is 1.73 bits per heavy atom. The number of nitrogens with zero attached hydrogens (tertiary/aromatic N) is 1. The highest BCUT2D eigenvalue weighted by atomic mass is 32.1. The number of rotatable bonds is 10. The van der Waals surface area contributed by atoms with Crippen molar-refractivity contribution in [2.75, 3.05) is 11.9 Å². The molecule has 3 aromatic carbocycles. The number of alkyl halides is 3. The van der Waals surface area contributed by atoms with Crippen LogP contribution in [0.4, 0.5) is 18.3 Å². The third kappa shape index (κ3) is 7.71. The van der Waals surface area contributed by atoms with Gasteiger partial charge in [0.15, 0.2) is 5.13 Å². The highest BCUT2D eigenvalue weighted by Gasteiger charge is 2.31. The lowest BCUT2D eigenvalue weighted by atomic mass is 9.88. The van der Waals surface area contributed by atoms with Gasteiger partial charge in [-0.25, -0.2) is 4.98 Å². The van der Waals surface area contributed by atoms with E-state index in [1.807, 2.05) is 24.3 Å². The zero-order valence-corrected chi connectivity index (χ0v) is 24.4. The number of halogens is 3. The van der Waals surface area contributed by atoms with Crippen molar-refractivity contribution in [1.29, 1.82) is 0 Å². The number of benzene rings is 3. The lowest BCUT2D eigenvalue weighted by molar-refractivity contribution is -0.138. The zero-order chi connectivity index (χ0) is 31.3. The maximum Gasteiger partial charge on any atom is 0.416 e. The van der Waals surface area contributed by atoms with Gasteiger partial charge in [-0.15, -0.1) is 0 Å². The first-order valence-electron chi connectivity index (χ1n) is 14.2. The van der Waals surface area contributed by atoms with E-state index >= 15 is 0 Å². The quantitative estimate of drug-likeness (QED) is 0.171. The molecule has 5 rings (SSSR count). The van der Waals surface area contributed by atoms with Crippen LogP contribution in [-0.2, 0) is 22.2 Å². The summed E-state index contributed by atoms with van der Waals surface area (Å²) in [6.07, 6.45) is 2.22. The van der Waals surface area contributed by atoms with E-state index in [2.05, 4.69) is 21.7 Å². The van der Waals surface area contributed by atoms with Gasteiger partial charge in [0.05, 0.1) is 28.1 Å². The van der Waals surface area contributed by atoms with Gasteiger partial charge in [0, 0.05) is 12.1 Å². The van der Waals surface area contributed by atoms with Crippen LogP contribution in [0.3, 0.4) is 0 Å². The summed E-state index contributed by atoms with van der Waals surface area (Å²) in [7, 11) is 0. The Morgan fingerprint density at radius 1 is 0.977 bits per heavy atom. The molecule has 1 heterocycles. The lowest BCUT2D eigenvalue weighted by Gasteiger charge is -2.18. The second-order valence-electron chi connectivity index (χ2n) is 10.6. The van der Waals surface area contributed by atoms with E-state index < -0.39 is 29.5 Å². The number of hydrogen-bond acceptors (Lipinski definition) is 5. The van der Waals surface area contributed by atoms with E-state index in [0.717, 1.165) is 59.4 Å². The molecule has 0 bridgehead atoms. The topological polar surface area (TPSA) is 108 Å². The van der Waals surface area contributed by atoms with E-state index in [9.17, 15) is 27.6 Å². The molecule has 2 amide bonds. The fraction of sp³-hybridized carbons (Fsp3) is 0.273. The largest absolute Gasteiger partial charge is 0.481 e. The van der Waals surface area contributed by atoms with Crippen molar-refractivity contribution in [2.45, 2.75) is 50.6 Å². The first-order chi connectivity index (χ1) is 21.1. The van der Waals surface area contributed by atoms with Crippen LogP contribution in [0.2, 0.25) is 0 Å². The third-order valence-corrected chi connectivity index (χ3v) is 8.47. The normalized spacial score (nSPS) is 14.1. The molecular formula is C33H30F3N3O4S. The van der Waals surface area contributed by atoms with Gasteiger partial charge < -0.3 is 15.7 Å². The van der Waals surface area contributed by atoms with Crippen LogP contribution in [0, 0.1) is 0 Å². The highest BCUT2D eigenvalue weighted by molar-refractivity contribution is 7.22. The number of fused-ring (bicyclic) bond motifs is 1. The van der Waals surface area contributed by atoms with Gasteiger partial charge in [-0.3, -0.25) is 14.4 Å². The molecule has 0 aliphatic heterocycles. The van der Waals surface area contributed by atoms with Gasteiger partial charge in [-0.2, -0.15) is 13.2 Å². The predicted molar refractivity (Wildman–Crippen MR) is 164 cm³/mol. The molecule has 44 heavy (non-hydrogen) atoms. The molecule has 228 valence electrons. The van der Waals surface area contributed by atoms with Gasteiger partial charge in [0.25, 0.3) is 5.91 Å². The number of carbonyl (C=O) groups is 3. The molecule has 1 aliphatic rings. The van der Waals surface area contributed by atoms with Crippen LogP contribution >= 0.6 is 11.3 Å². The summed E-state index contributed by atoms with van der Waals surface area (Å²) in [5.74, 6) is -2.42. The minimum absolute atomic E-state index is 0.00828. The average Bonchev–Trinajstić information content (AvgIpc) is 3.41. The van der Waals surface area contributed by atoms with E-state index in [-0.39, 0.29) is 35.9 Å². The molecular weight excluding hydrogens is 591 g/mol. The van der Waals surface area contributed by atoms with Gasteiger partial charge in [-0.05, 0) is 84.7 Å². The van der Waals surface area contributed by atoms with Crippen molar-refractivity contribution >= 4 is 50.0 Å². The van der Waals surface area contributed by atoms with Crippen molar-refractivity contribution in [1.82, 2.24) is 10.3 Å². The minimum atomic E-state index is -4.50. The Balaban J connectivity index is 1.37. The molecule has 11 heteroatoms. The van der Waals surface area contributed by atoms with Gasteiger partial charge in [0.2, 0.25) is 5.91 Å².